The van der Waals surface area contributed by atoms with Crippen LogP contribution in [0.4, 0.5) is 0 Å². The number of carbonyl (C=O) groups excluding carboxylic acids is 1. The van der Waals surface area contributed by atoms with Gasteiger partial charge < -0.3 is 15.3 Å². The van der Waals surface area contributed by atoms with E-state index in [4.69, 9.17) is 5.11 Å². The molecule has 0 saturated carbocycles. The number of pyridine rings is 1. The number of rotatable bonds is 9. The molecule has 114 valence electrons. The summed E-state index contributed by atoms with van der Waals surface area (Å²) in [5.74, 6) is -0.999. The van der Waals surface area contributed by atoms with E-state index in [-0.39, 0.29) is 18.0 Å². The second kappa shape index (κ2) is 8.86. The summed E-state index contributed by atoms with van der Waals surface area (Å²) in [6.07, 6.45) is 4.04. The summed E-state index contributed by atoms with van der Waals surface area (Å²) in [5.41, 5.74) is 0.779. The Kier molecular flexibility index (Phi) is 7.11. The molecule has 0 bridgehead atoms. The Morgan fingerprint density at radius 2 is 2.29 bits per heavy atom. The first-order chi connectivity index (χ1) is 10.1. The fourth-order valence-corrected chi connectivity index (χ4v) is 1.86. The van der Waals surface area contributed by atoms with E-state index < -0.39 is 5.97 Å². The van der Waals surface area contributed by atoms with Gasteiger partial charge in [-0.3, -0.25) is 9.78 Å². The van der Waals surface area contributed by atoms with Crippen LogP contribution >= 0.6 is 0 Å². The van der Waals surface area contributed by atoms with E-state index in [0.29, 0.717) is 25.3 Å². The molecule has 0 aliphatic heterocycles. The van der Waals surface area contributed by atoms with Crippen LogP contribution in [0.1, 0.15) is 29.4 Å². The quantitative estimate of drug-likeness (QED) is 0.670. The Labute approximate surface area is 124 Å². The van der Waals surface area contributed by atoms with Crippen LogP contribution in [-0.4, -0.2) is 46.5 Å². The van der Waals surface area contributed by atoms with Gasteiger partial charge in [-0.25, -0.2) is 4.79 Å². The predicted molar refractivity (Wildman–Crippen MR) is 80.0 cm³/mol. The monoisotopic (exact) mass is 291 g/mol. The normalized spacial score (nSPS) is 10.1. The largest absolute Gasteiger partial charge is 0.478 e. The first-order valence-electron chi connectivity index (χ1n) is 6.86. The number of carboxylic acid groups (broad SMARTS) is 1. The molecule has 6 nitrogen and oxygen atoms in total. The molecule has 1 aromatic rings. The molecule has 0 aromatic carbocycles. The lowest BCUT2D eigenvalue weighted by molar-refractivity contribution is -0.129. The zero-order valence-corrected chi connectivity index (χ0v) is 12.2. The molecule has 2 N–H and O–H groups in total. The minimum absolute atomic E-state index is 0.00820. The molecule has 1 amide bonds. The predicted octanol–water partition coefficient (Wildman–Crippen LogP) is 1.29. The van der Waals surface area contributed by atoms with E-state index in [1.807, 2.05) is 6.92 Å². The number of aromatic nitrogens is 1. The average molecular weight is 291 g/mol. The third kappa shape index (κ3) is 5.74. The maximum atomic E-state index is 12.0. The summed E-state index contributed by atoms with van der Waals surface area (Å²) >= 11 is 0. The number of nitrogens with one attached hydrogen (secondary N) is 1. The molecular weight excluding hydrogens is 270 g/mol. The van der Waals surface area contributed by atoms with Gasteiger partial charge in [-0.15, -0.1) is 6.58 Å². The Morgan fingerprint density at radius 3 is 2.90 bits per heavy atom. The highest BCUT2D eigenvalue weighted by atomic mass is 16.4. The summed E-state index contributed by atoms with van der Waals surface area (Å²) < 4.78 is 0. The Morgan fingerprint density at radius 1 is 1.52 bits per heavy atom. The summed E-state index contributed by atoms with van der Waals surface area (Å²) in [6.45, 7) is 7.41. The maximum Gasteiger partial charge on any atom is 0.335 e. The van der Waals surface area contributed by atoms with Crippen LogP contribution in [0.15, 0.2) is 31.0 Å². The average Bonchev–Trinajstić information content (AvgIpc) is 2.47. The Balaban J connectivity index is 2.48. The minimum atomic E-state index is -0.991. The highest BCUT2D eigenvalue weighted by Gasteiger charge is 2.10. The fraction of sp³-hybridized carbons (Fsp3) is 0.400. The van der Waals surface area contributed by atoms with Crippen molar-refractivity contribution < 1.29 is 14.7 Å². The van der Waals surface area contributed by atoms with Gasteiger partial charge in [-0.2, -0.15) is 0 Å². The maximum absolute atomic E-state index is 12.0. The summed E-state index contributed by atoms with van der Waals surface area (Å²) in [5, 5.41) is 11.9. The number of nitrogens with zero attached hydrogens (tertiary/aromatic N) is 2. The van der Waals surface area contributed by atoms with Crippen LogP contribution in [0.3, 0.4) is 0 Å². The van der Waals surface area contributed by atoms with Crippen molar-refractivity contribution in [2.45, 2.75) is 19.9 Å². The number of carboxylic acids is 1. The molecule has 21 heavy (non-hydrogen) atoms. The smallest absolute Gasteiger partial charge is 0.335 e. The minimum Gasteiger partial charge on any atom is -0.478 e. The van der Waals surface area contributed by atoms with E-state index in [0.717, 1.165) is 6.42 Å². The van der Waals surface area contributed by atoms with Gasteiger partial charge in [0, 0.05) is 25.8 Å². The molecule has 0 fully saturated rings. The fourth-order valence-electron chi connectivity index (χ4n) is 1.86. The molecule has 0 radical (unpaired) electrons. The van der Waals surface area contributed by atoms with Gasteiger partial charge in [-0.1, -0.05) is 13.0 Å². The third-order valence-electron chi connectivity index (χ3n) is 2.84. The van der Waals surface area contributed by atoms with Gasteiger partial charge in [0.1, 0.15) is 0 Å². The van der Waals surface area contributed by atoms with E-state index in [2.05, 4.69) is 16.9 Å². The van der Waals surface area contributed by atoms with Crippen LogP contribution in [-0.2, 0) is 11.3 Å². The van der Waals surface area contributed by atoms with Crippen molar-refractivity contribution in [3.63, 3.8) is 0 Å². The van der Waals surface area contributed by atoms with Crippen molar-refractivity contribution >= 4 is 11.9 Å². The number of hydrogen-bond donors (Lipinski definition) is 2. The molecule has 0 aliphatic rings. The lowest BCUT2D eigenvalue weighted by Gasteiger charge is -2.20. The zero-order chi connectivity index (χ0) is 15.7. The van der Waals surface area contributed by atoms with Crippen LogP contribution in [0.25, 0.3) is 0 Å². The van der Waals surface area contributed by atoms with Crippen molar-refractivity contribution in [1.29, 1.82) is 0 Å². The molecule has 0 atom stereocenters. The van der Waals surface area contributed by atoms with Crippen molar-refractivity contribution in [1.82, 2.24) is 15.2 Å². The first-order valence-corrected chi connectivity index (χ1v) is 6.86. The molecule has 0 unspecified atom stereocenters. The molecule has 1 aromatic heterocycles. The van der Waals surface area contributed by atoms with Gasteiger partial charge >= 0.3 is 5.97 Å². The summed E-state index contributed by atoms with van der Waals surface area (Å²) in [7, 11) is 0. The van der Waals surface area contributed by atoms with Gasteiger partial charge in [0.15, 0.2) is 0 Å². The lowest BCUT2D eigenvalue weighted by atomic mass is 10.2. The van der Waals surface area contributed by atoms with Gasteiger partial charge in [0.2, 0.25) is 5.91 Å². The van der Waals surface area contributed by atoms with Crippen molar-refractivity contribution in [3.05, 3.63) is 42.2 Å². The highest BCUT2D eigenvalue weighted by Crippen LogP contribution is 2.01. The topological polar surface area (TPSA) is 82.5 Å². The Bertz CT molecular complexity index is 503. The van der Waals surface area contributed by atoms with Crippen molar-refractivity contribution in [2.24, 2.45) is 0 Å². The van der Waals surface area contributed by atoms with Crippen molar-refractivity contribution in [3.8, 4) is 0 Å². The van der Waals surface area contributed by atoms with Crippen molar-refractivity contribution in [2.75, 3.05) is 19.6 Å². The van der Waals surface area contributed by atoms with E-state index in [1.54, 1.807) is 11.0 Å². The van der Waals surface area contributed by atoms with Gasteiger partial charge in [0.25, 0.3) is 0 Å². The number of carbonyl (C=O) groups is 2. The second-order valence-corrected chi connectivity index (χ2v) is 4.57. The van der Waals surface area contributed by atoms with Crippen LogP contribution in [0, 0.1) is 0 Å². The zero-order valence-electron chi connectivity index (χ0n) is 12.2. The SMILES string of the molecule is C=CCN(CCC)C(=O)CNCc1cc(C(=O)O)ccn1. The number of hydrogen-bond acceptors (Lipinski definition) is 4. The molecule has 0 spiro atoms. The summed E-state index contributed by atoms with van der Waals surface area (Å²) in [6, 6.07) is 2.93. The van der Waals surface area contributed by atoms with Gasteiger partial charge in [0.05, 0.1) is 17.8 Å². The molecule has 1 rings (SSSR count). The van der Waals surface area contributed by atoms with E-state index in [9.17, 15) is 9.59 Å². The molecule has 0 saturated heterocycles. The standard InChI is InChI=1S/C15H21N3O3/c1-3-7-18(8-4-2)14(19)11-16-10-13-9-12(15(20)21)5-6-17-13/h3,5-6,9,16H,1,4,7-8,10-11H2,2H3,(H,20,21). The molecule has 1 heterocycles. The molecular formula is C15H21N3O3. The van der Waals surface area contributed by atoms with Crippen LogP contribution in [0.2, 0.25) is 0 Å². The molecule has 0 aliphatic carbocycles. The Hall–Kier alpha value is -2.21. The van der Waals surface area contributed by atoms with Crippen LogP contribution in [0.5, 0.6) is 0 Å². The first kappa shape index (κ1) is 16.8. The van der Waals surface area contributed by atoms with E-state index >= 15 is 0 Å². The van der Waals surface area contributed by atoms with Gasteiger partial charge in [-0.05, 0) is 18.6 Å². The summed E-state index contributed by atoms with van der Waals surface area (Å²) in [4.78, 5) is 28.6. The van der Waals surface area contributed by atoms with E-state index in [1.165, 1.54) is 18.3 Å². The second-order valence-electron chi connectivity index (χ2n) is 4.57. The molecule has 6 heteroatoms. The number of aromatic carboxylic acids is 1. The highest BCUT2D eigenvalue weighted by molar-refractivity contribution is 5.87. The third-order valence-corrected chi connectivity index (χ3v) is 2.84. The van der Waals surface area contributed by atoms with Crippen LogP contribution < -0.4 is 5.32 Å². The lowest BCUT2D eigenvalue weighted by Crippen LogP contribution is -2.38. The number of amides is 1.